The number of thiophene rings is 1. The average Bonchev–Trinajstić information content (AvgIpc) is 2.41. The van der Waals surface area contributed by atoms with Crippen molar-refractivity contribution in [3.05, 3.63) is 33.1 Å². The minimum Gasteiger partial charge on any atom is -0.166 e. The van der Waals surface area contributed by atoms with Gasteiger partial charge in [-0.3, -0.25) is 0 Å². The van der Waals surface area contributed by atoms with Gasteiger partial charge in [-0.2, -0.15) is 13.2 Å². The van der Waals surface area contributed by atoms with Crippen LogP contribution in [0, 0.1) is 6.92 Å². The molecule has 0 nitrogen and oxygen atoms in total. The molecule has 0 amide bonds. The van der Waals surface area contributed by atoms with E-state index in [2.05, 4.69) is 15.9 Å². The third-order valence-corrected chi connectivity index (χ3v) is 3.57. The van der Waals surface area contributed by atoms with Crippen LogP contribution in [0.25, 0.3) is 10.1 Å². The molecule has 0 bridgehead atoms. The summed E-state index contributed by atoms with van der Waals surface area (Å²) in [5.41, 5.74) is -0.565. The summed E-state index contributed by atoms with van der Waals surface area (Å²) >= 11 is 4.26. The molecule has 0 aliphatic heterocycles. The third-order valence-electron chi connectivity index (χ3n) is 2.01. The zero-order valence-electron chi connectivity index (χ0n) is 7.65. The number of rotatable bonds is 0. The average molecular weight is 295 g/mol. The van der Waals surface area contributed by atoms with Gasteiger partial charge in [-0.05, 0) is 30.5 Å². The second kappa shape index (κ2) is 3.49. The van der Waals surface area contributed by atoms with Crippen molar-refractivity contribution in [2.45, 2.75) is 13.1 Å². The van der Waals surface area contributed by atoms with Crippen LogP contribution in [0.3, 0.4) is 0 Å². The van der Waals surface area contributed by atoms with Gasteiger partial charge >= 0.3 is 6.18 Å². The quantitative estimate of drug-likeness (QED) is 0.642. The Bertz CT molecular complexity index is 513. The highest BCUT2D eigenvalue weighted by Crippen LogP contribution is 2.40. The minimum absolute atomic E-state index is 0.309. The van der Waals surface area contributed by atoms with Crippen LogP contribution in [0.5, 0.6) is 0 Å². The first-order chi connectivity index (χ1) is 6.88. The lowest BCUT2D eigenvalue weighted by Crippen LogP contribution is -2.04. The molecule has 0 fully saturated rings. The molecule has 0 spiro atoms. The Morgan fingerprint density at radius 3 is 2.47 bits per heavy atom. The van der Waals surface area contributed by atoms with Crippen LogP contribution < -0.4 is 0 Å². The lowest BCUT2D eigenvalue weighted by atomic mass is 10.1. The molecule has 0 N–H and O–H groups in total. The highest BCUT2D eigenvalue weighted by molar-refractivity contribution is 9.10. The van der Waals surface area contributed by atoms with Gasteiger partial charge < -0.3 is 0 Å². The lowest BCUT2D eigenvalue weighted by Gasteiger charge is -2.08. The molecule has 80 valence electrons. The van der Waals surface area contributed by atoms with Crippen LogP contribution >= 0.6 is 27.3 Å². The monoisotopic (exact) mass is 294 g/mol. The predicted octanol–water partition coefficient (Wildman–Crippen LogP) is 4.99. The van der Waals surface area contributed by atoms with Gasteiger partial charge in [-0.25, -0.2) is 0 Å². The lowest BCUT2D eigenvalue weighted by molar-refractivity contribution is -0.136. The standard InChI is InChI=1S/C10H6BrF3S/c1-5-2-6-3-7(11)4-8(9(6)15-5)10(12,13)14/h2-4H,1H3. The van der Waals surface area contributed by atoms with Crippen LogP contribution in [0.15, 0.2) is 22.7 Å². The molecule has 5 heteroatoms. The van der Waals surface area contributed by atoms with E-state index in [4.69, 9.17) is 0 Å². The summed E-state index contributed by atoms with van der Waals surface area (Å²) in [4.78, 5) is 0.883. The topological polar surface area (TPSA) is 0 Å². The van der Waals surface area contributed by atoms with E-state index in [-0.39, 0.29) is 0 Å². The molecule has 0 unspecified atom stereocenters. The molecule has 0 saturated heterocycles. The smallest absolute Gasteiger partial charge is 0.166 e. The SMILES string of the molecule is Cc1cc2cc(Br)cc(C(F)(F)F)c2s1. The molecule has 1 aromatic carbocycles. The Morgan fingerprint density at radius 2 is 1.87 bits per heavy atom. The van der Waals surface area contributed by atoms with Gasteiger partial charge in [0.2, 0.25) is 0 Å². The molecule has 0 atom stereocenters. The number of alkyl halides is 3. The maximum Gasteiger partial charge on any atom is 0.417 e. The van der Waals surface area contributed by atoms with E-state index in [1.54, 1.807) is 19.1 Å². The van der Waals surface area contributed by atoms with Crippen molar-refractivity contribution in [1.29, 1.82) is 0 Å². The Morgan fingerprint density at radius 1 is 1.20 bits per heavy atom. The van der Waals surface area contributed by atoms with E-state index in [1.165, 1.54) is 11.3 Å². The van der Waals surface area contributed by atoms with Gasteiger partial charge in [-0.15, -0.1) is 11.3 Å². The molecule has 0 saturated carbocycles. The maximum atomic E-state index is 12.7. The molecule has 1 heterocycles. The molecule has 0 aliphatic carbocycles. The van der Waals surface area contributed by atoms with E-state index in [9.17, 15) is 13.2 Å². The van der Waals surface area contributed by atoms with E-state index in [0.29, 0.717) is 14.6 Å². The highest BCUT2D eigenvalue weighted by atomic mass is 79.9. The highest BCUT2D eigenvalue weighted by Gasteiger charge is 2.33. The third kappa shape index (κ3) is 2.03. The largest absolute Gasteiger partial charge is 0.417 e. The first kappa shape index (κ1) is 11.0. The summed E-state index contributed by atoms with van der Waals surface area (Å²) in [7, 11) is 0. The fourth-order valence-corrected chi connectivity index (χ4v) is 2.96. The van der Waals surface area contributed by atoms with Crippen LogP contribution in [-0.2, 0) is 6.18 Å². The summed E-state index contributed by atoms with van der Waals surface area (Å²) in [5.74, 6) is 0. The molecule has 15 heavy (non-hydrogen) atoms. The van der Waals surface area contributed by atoms with Crippen molar-refractivity contribution in [1.82, 2.24) is 0 Å². The van der Waals surface area contributed by atoms with Crippen LogP contribution in [0.2, 0.25) is 0 Å². The van der Waals surface area contributed by atoms with Crippen molar-refractivity contribution in [3.63, 3.8) is 0 Å². The number of hydrogen-bond acceptors (Lipinski definition) is 1. The number of benzene rings is 1. The van der Waals surface area contributed by atoms with Gasteiger partial charge in [0, 0.05) is 14.0 Å². The number of aryl methyl sites for hydroxylation is 1. The van der Waals surface area contributed by atoms with Crippen molar-refractivity contribution >= 4 is 37.4 Å². The van der Waals surface area contributed by atoms with Gasteiger partial charge in [0.05, 0.1) is 5.56 Å². The summed E-state index contributed by atoms with van der Waals surface area (Å²) in [6, 6.07) is 4.59. The summed E-state index contributed by atoms with van der Waals surface area (Å²) in [6.45, 7) is 1.80. The fraction of sp³-hybridized carbons (Fsp3) is 0.200. The summed E-state index contributed by atoms with van der Waals surface area (Å²) in [5, 5.41) is 0.638. The molecule has 2 aromatic rings. The van der Waals surface area contributed by atoms with Crippen molar-refractivity contribution in [3.8, 4) is 0 Å². The Hall–Kier alpha value is -0.550. The van der Waals surface area contributed by atoms with Gasteiger partial charge in [-0.1, -0.05) is 15.9 Å². The van der Waals surface area contributed by atoms with Crippen LogP contribution in [0.1, 0.15) is 10.4 Å². The maximum absolute atomic E-state index is 12.7. The normalized spacial score (nSPS) is 12.3. The molecular formula is C10H6BrF3S. The summed E-state index contributed by atoms with van der Waals surface area (Å²) in [6.07, 6.45) is -4.29. The zero-order chi connectivity index (χ0) is 11.2. The van der Waals surface area contributed by atoms with Crippen LogP contribution in [0.4, 0.5) is 13.2 Å². The Labute approximate surface area is 96.8 Å². The van der Waals surface area contributed by atoms with Gasteiger partial charge in [0.15, 0.2) is 0 Å². The molecule has 0 radical (unpaired) electrons. The van der Waals surface area contributed by atoms with Crippen molar-refractivity contribution in [2.24, 2.45) is 0 Å². The molecule has 0 aliphatic rings. The molecule has 1 aromatic heterocycles. The summed E-state index contributed by atoms with van der Waals surface area (Å²) < 4.78 is 38.8. The predicted molar refractivity (Wildman–Crippen MR) is 59.3 cm³/mol. The number of halogens is 4. The molecular weight excluding hydrogens is 289 g/mol. The zero-order valence-corrected chi connectivity index (χ0v) is 10.1. The van der Waals surface area contributed by atoms with E-state index >= 15 is 0 Å². The molecule has 2 rings (SSSR count). The number of hydrogen-bond donors (Lipinski definition) is 0. The van der Waals surface area contributed by atoms with E-state index in [0.717, 1.165) is 10.9 Å². The van der Waals surface area contributed by atoms with Crippen molar-refractivity contribution in [2.75, 3.05) is 0 Å². The van der Waals surface area contributed by atoms with Crippen LogP contribution in [-0.4, -0.2) is 0 Å². The van der Waals surface area contributed by atoms with Gasteiger partial charge in [0.25, 0.3) is 0 Å². The Kier molecular flexibility index (Phi) is 2.55. The van der Waals surface area contributed by atoms with Gasteiger partial charge in [0.1, 0.15) is 0 Å². The number of fused-ring (bicyclic) bond motifs is 1. The minimum atomic E-state index is -4.29. The second-order valence-electron chi connectivity index (χ2n) is 3.23. The van der Waals surface area contributed by atoms with Crippen molar-refractivity contribution < 1.29 is 13.2 Å². The van der Waals surface area contributed by atoms with E-state index < -0.39 is 11.7 Å². The fourth-order valence-electron chi connectivity index (χ4n) is 1.46. The first-order valence-electron chi connectivity index (χ1n) is 4.15. The first-order valence-corrected chi connectivity index (χ1v) is 5.76. The Balaban J connectivity index is 2.82. The second-order valence-corrected chi connectivity index (χ2v) is 5.40. The van der Waals surface area contributed by atoms with E-state index in [1.807, 2.05) is 0 Å².